The van der Waals surface area contributed by atoms with Crippen LogP contribution in [0.2, 0.25) is 0 Å². The van der Waals surface area contributed by atoms with Crippen molar-refractivity contribution in [1.29, 1.82) is 5.26 Å². The standard InChI is InChI=1S/C16H12Br2N2O/c17-13-6-7-15(18)14(10-13)16(21)20(9-8-19)11-12-4-2-1-3-5-12/h1-7,10H,9,11H2. The fourth-order valence-corrected chi connectivity index (χ4v) is 2.70. The highest BCUT2D eigenvalue weighted by Gasteiger charge is 2.18. The van der Waals surface area contributed by atoms with E-state index in [2.05, 4.69) is 37.9 Å². The van der Waals surface area contributed by atoms with E-state index < -0.39 is 0 Å². The van der Waals surface area contributed by atoms with Crippen LogP contribution in [0.4, 0.5) is 0 Å². The Morgan fingerprint density at radius 2 is 1.86 bits per heavy atom. The molecule has 0 N–H and O–H groups in total. The lowest BCUT2D eigenvalue weighted by Gasteiger charge is -2.20. The molecule has 0 saturated heterocycles. The Hall–Kier alpha value is -1.64. The lowest BCUT2D eigenvalue weighted by molar-refractivity contribution is 0.0764. The maximum absolute atomic E-state index is 12.6. The van der Waals surface area contributed by atoms with Crippen molar-refractivity contribution in [2.75, 3.05) is 6.54 Å². The first-order valence-electron chi connectivity index (χ1n) is 6.27. The fraction of sp³-hybridized carbons (Fsp3) is 0.125. The minimum absolute atomic E-state index is 0.0483. The zero-order chi connectivity index (χ0) is 15.2. The van der Waals surface area contributed by atoms with Crippen LogP contribution < -0.4 is 0 Å². The number of amides is 1. The second kappa shape index (κ2) is 7.39. The summed E-state index contributed by atoms with van der Waals surface area (Å²) in [5, 5.41) is 8.97. The molecule has 0 aliphatic carbocycles. The van der Waals surface area contributed by atoms with Crippen molar-refractivity contribution >= 4 is 37.8 Å². The molecular weight excluding hydrogens is 396 g/mol. The van der Waals surface area contributed by atoms with Crippen LogP contribution in [0, 0.1) is 11.3 Å². The van der Waals surface area contributed by atoms with Crippen LogP contribution in [-0.4, -0.2) is 17.4 Å². The van der Waals surface area contributed by atoms with Crippen molar-refractivity contribution in [2.24, 2.45) is 0 Å². The molecule has 2 aromatic carbocycles. The minimum atomic E-state index is -0.173. The van der Waals surface area contributed by atoms with Crippen molar-refractivity contribution in [3.05, 3.63) is 68.6 Å². The summed E-state index contributed by atoms with van der Waals surface area (Å²) in [7, 11) is 0. The summed E-state index contributed by atoms with van der Waals surface area (Å²) < 4.78 is 1.54. The molecule has 0 heterocycles. The number of benzene rings is 2. The average molecular weight is 408 g/mol. The van der Waals surface area contributed by atoms with Gasteiger partial charge in [-0.25, -0.2) is 0 Å². The minimum Gasteiger partial charge on any atom is -0.321 e. The van der Waals surface area contributed by atoms with Crippen molar-refractivity contribution in [2.45, 2.75) is 6.54 Å². The van der Waals surface area contributed by atoms with Gasteiger partial charge in [0.15, 0.2) is 0 Å². The van der Waals surface area contributed by atoms with Gasteiger partial charge in [0.1, 0.15) is 6.54 Å². The van der Waals surface area contributed by atoms with Gasteiger partial charge < -0.3 is 4.90 Å². The molecular formula is C16H12Br2N2O. The van der Waals surface area contributed by atoms with Gasteiger partial charge in [-0.1, -0.05) is 46.3 Å². The summed E-state index contributed by atoms with van der Waals surface area (Å²) in [6.07, 6.45) is 0. The number of halogens is 2. The van der Waals surface area contributed by atoms with Crippen LogP contribution in [-0.2, 0) is 6.54 Å². The van der Waals surface area contributed by atoms with E-state index in [-0.39, 0.29) is 12.5 Å². The predicted molar refractivity (Wildman–Crippen MR) is 88.6 cm³/mol. The maximum Gasteiger partial charge on any atom is 0.256 e. The number of hydrogen-bond donors (Lipinski definition) is 0. The zero-order valence-corrected chi connectivity index (χ0v) is 14.3. The van der Waals surface area contributed by atoms with E-state index in [0.29, 0.717) is 16.6 Å². The molecule has 0 unspecified atom stereocenters. The zero-order valence-electron chi connectivity index (χ0n) is 11.1. The molecule has 0 atom stereocenters. The van der Waals surface area contributed by atoms with Gasteiger partial charge in [-0.2, -0.15) is 5.26 Å². The Bertz CT molecular complexity index is 680. The molecule has 3 nitrogen and oxygen atoms in total. The van der Waals surface area contributed by atoms with E-state index in [1.54, 1.807) is 6.07 Å². The van der Waals surface area contributed by atoms with Crippen LogP contribution in [0.5, 0.6) is 0 Å². The quantitative estimate of drug-likeness (QED) is 0.706. The Morgan fingerprint density at radius 1 is 1.14 bits per heavy atom. The number of nitrogens with zero attached hydrogens (tertiary/aromatic N) is 2. The third-order valence-electron chi connectivity index (χ3n) is 2.92. The van der Waals surface area contributed by atoms with Gasteiger partial charge in [0.05, 0.1) is 11.6 Å². The van der Waals surface area contributed by atoms with Gasteiger partial charge in [-0.15, -0.1) is 0 Å². The topological polar surface area (TPSA) is 44.1 Å². The van der Waals surface area contributed by atoms with Gasteiger partial charge in [-0.3, -0.25) is 4.79 Å². The number of nitriles is 1. The number of carbonyl (C=O) groups excluding carboxylic acids is 1. The van der Waals surface area contributed by atoms with Crippen molar-refractivity contribution in [1.82, 2.24) is 4.90 Å². The molecule has 0 spiro atoms. The number of carbonyl (C=O) groups is 1. The van der Waals surface area contributed by atoms with Crippen LogP contribution >= 0.6 is 31.9 Å². The number of rotatable bonds is 4. The van der Waals surface area contributed by atoms with E-state index in [4.69, 9.17) is 5.26 Å². The molecule has 0 saturated carbocycles. The molecule has 106 valence electrons. The lowest BCUT2D eigenvalue weighted by Crippen LogP contribution is -2.31. The van der Waals surface area contributed by atoms with Gasteiger partial charge in [0.2, 0.25) is 0 Å². The third kappa shape index (κ3) is 4.16. The molecule has 0 aliphatic rings. The Labute approximate surface area is 140 Å². The van der Waals surface area contributed by atoms with Crippen molar-refractivity contribution in [3.8, 4) is 6.07 Å². The monoisotopic (exact) mass is 406 g/mol. The second-order valence-corrected chi connectivity index (χ2v) is 6.20. The van der Waals surface area contributed by atoms with Crippen LogP contribution in [0.25, 0.3) is 0 Å². The van der Waals surface area contributed by atoms with Crippen molar-refractivity contribution in [3.63, 3.8) is 0 Å². The van der Waals surface area contributed by atoms with E-state index in [0.717, 1.165) is 10.0 Å². The molecule has 1 amide bonds. The molecule has 0 fully saturated rings. The summed E-state index contributed by atoms with van der Waals surface area (Å²) in [6.45, 7) is 0.457. The second-order valence-electron chi connectivity index (χ2n) is 4.43. The third-order valence-corrected chi connectivity index (χ3v) is 4.11. The van der Waals surface area contributed by atoms with Crippen molar-refractivity contribution < 1.29 is 4.79 Å². The Balaban J connectivity index is 2.27. The molecule has 0 aliphatic heterocycles. The number of hydrogen-bond acceptors (Lipinski definition) is 2. The highest BCUT2D eigenvalue weighted by molar-refractivity contribution is 9.11. The molecule has 0 aromatic heterocycles. The molecule has 0 bridgehead atoms. The smallest absolute Gasteiger partial charge is 0.256 e. The van der Waals surface area contributed by atoms with Gasteiger partial charge in [0.25, 0.3) is 5.91 Å². The molecule has 0 radical (unpaired) electrons. The Morgan fingerprint density at radius 3 is 2.52 bits per heavy atom. The summed E-state index contributed by atoms with van der Waals surface area (Å²) in [6, 6.07) is 17.1. The van der Waals surface area contributed by atoms with Crippen LogP contribution in [0.3, 0.4) is 0 Å². The SMILES string of the molecule is N#CCN(Cc1ccccc1)C(=O)c1cc(Br)ccc1Br. The summed E-state index contributed by atoms with van der Waals surface area (Å²) >= 11 is 6.75. The maximum atomic E-state index is 12.6. The van der Waals surface area contributed by atoms with E-state index in [1.165, 1.54) is 4.90 Å². The first-order valence-corrected chi connectivity index (χ1v) is 7.85. The van der Waals surface area contributed by atoms with Crippen LogP contribution in [0.15, 0.2) is 57.5 Å². The first-order chi connectivity index (χ1) is 10.1. The highest BCUT2D eigenvalue weighted by Crippen LogP contribution is 2.23. The molecule has 5 heteroatoms. The molecule has 21 heavy (non-hydrogen) atoms. The normalized spacial score (nSPS) is 9.95. The first kappa shape index (κ1) is 15.7. The van der Waals surface area contributed by atoms with Gasteiger partial charge >= 0.3 is 0 Å². The summed E-state index contributed by atoms with van der Waals surface area (Å²) in [5.41, 5.74) is 1.53. The van der Waals surface area contributed by atoms with Gasteiger partial charge in [0, 0.05) is 15.5 Å². The van der Waals surface area contributed by atoms with Crippen LogP contribution in [0.1, 0.15) is 15.9 Å². The largest absolute Gasteiger partial charge is 0.321 e. The fourth-order valence-electron chi connectivity index (χ4n) is 1.92. The highest BCUT2D eigenvalue weighted by atomic mass is 79.9. The molecule has 2 aromatic rings. The Kier molecular flexibility index (Phi) is 5.54. The summed E-state index contributed by atoms with van der Waals surface area (Å²) in [5.74, 6) is -0.173. The predicted octanol–water partition coefficient (Wildman–Crippen LogP) is 4.38. The van der Waals surface area contributed by atoms with Gasteiger partial charge in [-0.05, 0) is 39.7 Å². The average Bonchev–Trinajstić information content (AvgIpc) is 2.49. The summed E-state index contributed by atoms with van der Waals surface area (Å²) in [4.78, 5) is 14.2. The van der Waals surface area contributed by atoms with E-state index in [1.807, 2.05) is 42.5 Å². The molecule has 2 rings (SSSR count). The van der Waals surface area contributed by atoms with E-state index >= 15 is 0 Å². The lowest BCUT2D eigenvalue weighted by atomic mass is 10.1. The van der Waals surface area contributed by atoms with E-state index in [9.17, 15) is 4.79 Å².